The maximum atomic E-state index is 13.7. The SMILES string of the molecule is C[C@@H](C(=O)CCC1NCC1C1=CCC(F)C(C(F)(F)F)=C1)C(CO)Oc1ccc(F)cc1. The Morgan fingerprint density at radius 1 is 1.28 bits per heavy atom. The first kappa shape index (κ1) is 24.4. The molecule has 1 aromatic carbocycles. The molecule has 0 saturated carbocycles. The van der Waals surface area contributed by atoms with Crippen LogP contribution in [0.3, 0.4) is 0 Å². The van der Waals surface area contributed by atoms with Crippen molar-refractivity contribution < 1.29 is 36.6 Å². The van der Waals surface area contributed by atoms with Crippen LogP contribution in [0.4, 0.5) is 22.0 Å². The Kier molecular flexibility index (Phi) is 7.71. The summed E-state index contributed by atoms with van der Waals surface area (Å²) in [6.45, 7) is 1.69. The number of Topliss-reactive ketones (excluding diaryl/α,β-unsaturated/α-hetero) is 1. The van der Waals surface area contributed by atoms with Crippen molar-refractivity contribution >= 4 is 5.78 Å². The van der Waals surface area contributed by atoms with Crippen molar-refractivity contribution in [1.82, 2.24) is 5.32 Å². The minimum absolute atomic E-state index is 0.146. The number of hydrogen-bond acceptors (Lipinski definition) is 4. The lowest BCUT2D eigenvalue weighted by atomic mass is 9.78. The molecule has 0 bridgehead atoms. The molecule has 1 aliphatic heterocycles. The van der Waals surface area contributed by atoms with Gasteiger partial charge in [0.15, 0.2) is 0 Å². The molecule has 4 nitrogen and oxygen atoms in total. The fourth-order valence-electron chi connectivity index (χ4n) is 3.99. The van der Waals surface area contributed by atoms with Crippen LogP contribution >= 0.6 is 0 Å². The molecular formula is C23H26F5NO3. The number of alkyl halides is 4. The molecule has 0 amide bonds. The van der Waals surface area contributed by atoms with E-state index in [-0.39, 0.29) is 30.6 Å². The van der Waals surface area contributed by atoms with Gasteiger partial charge in [-0.15, -0.1) is 0 Å². The highest BCUT2D eigenvalue weighted by Crippen LogP contribution is 2.38. The van der Waals surface area contributed by atoms with Crippen molar-refractivity contribution in [2.45, 2.75) is 50.7 Å². The fourth-order valence-corrected chi connectivity index (χ4v) is 3.99. The number of benzene rings is 1. The fraction of sp³-hybridized carbons (Fsp3) is 0.522. The van der Waals surface area contributed by atoms with Crippen molar-refractivity contribution in [1.29, 1.82) is 0 Å². The molecule has 9 heteroatoms. The summed E-state index contributed by atoms with van der Waals surface area (Å²) in [6, 6.07) is 5.04. The molecule has 1 heterocycles. The number of aliphatic hydroxyl groups excluding tert-OH is 1. The van der Waals surface area contributed by atoms with Gasteiger partial charge >= 0.3 is 6.18 Å². The summed E-state index contributed by atoms with van der Waals surface area (Å²) < 4.78 is 71.4. The Morgan fingerprint density at radius 3 is 2.53 bits per heavy atom. The molecule has 32 heavy (non-hydrogen) atoms. The standard InChI is InChI=1S/C23H26F5NO3/c1-13(22(12-30)32-16-5-3-15(24)4-6-16)21(31)9-8-20-17(11-29-20)14-2-7-19(25)18(10-14)23(26,27)28/h2-6,10,13,17,19-20,22,29-30H,7-9,11-12H2,1H3/t13-,17?,19?,20?,22?/m0/s1. The van der Waals surface area contributed by atoms with Gasteiger partial charge in [-0.3, -0.25) is 4.79 Å². The van der Waals surface area contributed by atoms with Crippen molar-refractivity contribution in [3.05, 3.63) is 53.4 Å². The normalized spacial score (nSPS) is 25.3. The predicted molar refractivity (Wildman–Crippen MR) is 108 cm³/mol. The van der Waals surface area contributed by atoms with E-state index >= 15 is 0 Å². The average molecular weight is 459 g/mol. The highest BCUT2D eigenvalue weighted by Gasteiger charge is 2.42. The van der Waals surface area contributed by atoms with Crippen LogP contribution in [-0.4, -0.2) is 48.5 Å². The highest BCUT2D eigenvalue weighted by atomic mass is 19.4. The van der Waals surface area contributed by atoms with Crippen LogP contribution in [-0.2, 0) is 4.79 Å². The summed E-state index contributed by atoms with van der Waals surface area (Å²) in [4.78, 5) is 12.6. The van der Waals surface area contributed by atoms with Crippen LogP contribution in [0.25, 0.3) is 0 Å². The third-order valence-corrected chi connectivity index (χ3v) is 6.11. The van der Waals surface area contributed by atoms with Crippen LogP contribution < -0.4 is 10.1 Å². The van der Waals surface area contributed by atoms with Gasteiger partial charge in [0.25, 0.3) is 0 Å². The number of carbonyl (C=O) groups excluding carboxylic acids is 1. The second kappa shape index (κ2) is 10.1. The van der Waals surface area contributed by atoms with E-state index in [9.17, 15) is 31.9 Å². The van der Waals surface area contributed by atoms with Crippen molar-refractivity contribution in [2.75, 3.05) is 13.2 Å². The maximum absolute atomic E-state index is 13.7. The molecule has 0 aromatic heterocycles. The van der Waals surface area contributed by atoms with Gasteiger partial charge in [0, 0.05) is 31.3 Å². The van der Waals surface area contributed by atoms with Crippen LogP contribution in [0.2, 0.25) is 0 Å². The smallest absolute Gasteiger partial charge is 0.415 e. The van der Waals surface area contributed by atoms with Gasteiger partial charge in [-0.1, -0.05) is 13.0 Å². The summed E-state index contributed by atoms with van der Waals surface area (Å²) in [7, 11) is 0. The Balaban J connectivity index is 1.55. The van der Waals surface area contributed by atoms with Crippen LogP contribution in [0.5, 0.6) is 5.75 Å². The van der Waals surface area contributed by atoms with E-state index in [0.717, 1.165) is 6.08 Å². The lowest BCUT2D eigenvalue weighted by Crippen LogP contribution is -2.54. The van der Waals surface area contributed by atoms with E-state index in [0.29, 0.717) is 24.3 Å². The molecule has 1 saturated heterocycles. The molecule has 0 radical (unpaired) electrons. The lowest BCUT2D eigenvalue weighted by Gasteiger charge is -2.40. The Bertz CT molecular complexity index is 865. The van der Waals surface area contributed by atoms with Gasteiger partial charge in [0.1, 0.15) is 29.6 Å². The summed E-state index contributed by atoms with van der Waals surface area (Å²) in [6.07, 6.45) is -4.93. The van der Waals surface area contributed by atoms with E-state index in [1.165, 1.54) is 30.3 Å². The van der Waals surface area contributed by atoms with E-state index in [1.807, 2.05) is 0 Å². The van der Waals surface area contributed by atoms with E-state index in [1.54, 1.807) is 6.92 Å². The zero-order chi connectivity index (χ0) is 23.5. The molecule has 1 fully saturated rings. The maximum Gasteiger partial charge on any atom is 0.415 e. The first-order chi connectivity index (χ1) is 15.1. The van der Waals surface area contributed by atoms with Gasteiger partial charge in [-0.25, -0.2) is 8.78 Å². The molecule has 4 unspecified atom stereocenters. The van der Waals surface area contributed by atoms with Crippen LogP contribution in [0.1, 0.15) is 26.2 Å². The van der Waals surface area contributed by atoms with Gasteiger partial charge in [0.2, 0.25) is 0 Å². The molecule has 1 aromatic rings. The number of carbonyl (C=O) groups is 1. The predicted octanol–water partition coefficient (Wildman–Crippen LogP) is 4.30. The summed E-state index contributed by atoms with van der Waals surface area (Å²) in [5.41, 5.74) is -0.711. The zero-order valence-electron chi connectivity index (χ0n) is 17.5. The van der Waals surface area contributed by atoms with Gasteiger partial charge in [0.05, 0.1) is 18.1 Å². The van der Waals surface area contributed by atoms with Crippen molar-refractivity contribution in [2.24, 2.45) is 11.8 Å². The van der Waals surface area contributed by atoms with E-state index in [4.69, 9.17) is 4.74 Å². The topological polar surface area (TPSA) is 58.6 Å². The number of ether oxygens (including phenoxy) is 1. The Hall–Kier alpha value is -2.26. The largest absolute Gasteiger partial charge is 0.487 e. The van der Waals surface area contributed by atoms with Crippen molar-refractivity contribution in [3.63, 3.8) is 0 Å². The Morgan fingerprint density at radius 2 is 1.97 bits per heavy atom. The number of aliphatic hydroxyl groups is 1. The summed E-state index contributed by atoms with van der Waals surface area (Å²) >= 11 is 0. The number of hydrogen-bond donors (Lipinski definition) is 2. The van der Waals surface area contributed by atoms with E-state index < -0.39 is 42.4 Å². The average Bonchev–Trinajstić information content (AvgIpc) is 2.72. The molecule has 176 valence electrons. The van der Waals surface area contributed by atoms with Gasteiger partial charge < -0.3 is 15.2 Å². The number of ketones is 1. The number of rotatable bonds is 9. The molecule has 1 aliphatic carbocycles. The first-order valence-electron chi connectivity index (χ1n) is 10.5. The molecule has 5 atom stereocenters. The van der Waals surface area contributed by atoms with Crippen LogP contribution in [0.15, 0.2) is 47.6 Å². The Labute approximate surface area is 183 Å². The van der Waals surface area contributed by atoms with Crippen molar-refractivity contribution in [3.8, 4) is 5.75 Å². The second-order valence-corrected chi connectivity index (χ2v) is 8.21. The zero-order valence-corrected chi connectivity index (χ0v) is 17.5. The number of nitrogens with one attached hydrogen (secondary N) is 1. The molecule has 0 spiro atoms. The monoisotopic (exact) mass is 459 g/mol. The van der Waals surface area contributed by atoms with Gasteiger partial charge in [-0.2, -0.15) is 13.2 Å². The summed E-state index contributed by atoms with van der Waals surface area (Å²) in [5, 5.41) is 12.7. The molecular weight excluding hydrogens is 433 g/mol. The molecule has 3 rings (SSSR count). The van der Waals surface area contributed by atoms with E-state index in [2.05, 4.69) is 5.32 Å². The quantitative estimate of drug-likeness (QED) is 0.541. The third-order valence-electron chi connectivity index (χ3n) is 6.11. The molecule has 2 N–H and O–H groups in total. The lowest BCUT2D eigenvalue weighted by molar-refractivity contribution is -0.126. The molecule has 2 aliphatic rings. The first-order valence-corrected chi connectivity index (χ1v) is 10.5. The third kappa shape index (κ3) is 5.75. The number of halogens is 5. The van der Waals surface area contributed by atoms with Crippen LogP contribution in [0, 0.1) is 17.7 Å². The summed E-state index contributed by atoms with van der Waals surface area (Å²) in [5.74, 6) is -1.12. The van der Waals surface area contributed by atoms with Gasteiger partial charge in [-0.05, 0) is 42.3 Å². The number of allylic oxidation sites excluding steroid dienone is 3. The minimum atomic E-state index is -4.71. The highest BCUT2D eigenvalue weighted by molar-refractivity contribution is 5.81. The second-order valence-electron chi connectivity index (χ2n) is 8.21. The minimum Gasteiger partial charge on any atom is -0.487 e.